The maximum absolute atomic E-state index is 5.56. The number of nitrogens with one attached hydrogen (secondary N) is 1. The average Bonchev–Trinajstić information content (AvgIpc) is 2.99. The second-order valence-electron chi connectivity index (χ2n) is 3.88. The van der Waals surface area contributed by atoms with Gasteiger partial charge in [0.25, 0.3) is 0 Å². The van der Waals surface area contributed by atoms with Crippen LogP contribution < -0.4 is 11.1 Å². The van der Waals surface area contributed by atoms with Crippen LogP contribution in [-0.2, 0) is 0 Å². The van der Waals surface area contributed by atoms with E-state index in [2.05, 4.69) is 21.2 Å². The van der Waals surface area contributed by atoms with Crippen molar-refractivity contribution >= 4 is 38.8 Å². The molecule has 0 unspecified atom stereocenters. The fourth-order valence-corrected chi connectivity index (χ4v) is 2.03. The predicted molar refractivity (Wildman–Crippen MR) is 71.2 cm³/mol. The smallest absolute Gasteiger partial charge is 0.104 e. The van der Waals surface area contributed by atoms with Crippen LogP contribution in [0.1, 0.15) is 18.4 Å². The molecule has 1 aromatic rings. The number of rotatable bonds is 4. The molecule has 1 aliphatic carbocycles. The van der Waals surface area contributed by atoms with Gasteiger partial charge in [0, 0.05) is 22.3 Å². The van der Waals surface area contributed by atoms with Crippen molar-refractivity contribution < 1.29 is 0 Å². The molecule has 0 spiro atoms. The second kappa shape index (κ2) is 4.49. The molecule has 0 saturated heterocycles. The van der Waals surface area contributed by atoms with Crippen molar-refractivity contribution in [2.24, 2.45) is 11.7 Å². The normalized spacial score (nSPS) is 15.0. The number of hydrogen-bond donors (Lipinski definition) is 2. The van der Waals surface area contributed by atoms with Crippen molar-refractivity contribution in [1.29, 1.82) is 0 Å². The van der Waals surface area contributed by atoms with Crippen molar-refractivity contribution in [1.82, 2.24) is 0 Å². The summed E-state index contributed by atoms with van der Waals surface area (Å²) in [5.74, 6) is 0.868. The molecule has 1 aliphatic rings. The molecule has 0 amide bonds. The quantitative estimate of drug-likeness (QED) is 0.835. The van der Waals surface area contributed by atoms with Crippen molar-refractivity contribution in [3.05, 3.63) is 28.2 Å². The van der Waals surface area contributed by atoms with Crippen LogP contribution in [0.15, 0.2) is 22.7 Å². The van der Waals surface area contributed by atoms with Gasteiger partial charge in [0.05, 0.1) is 0 Å². The van der Waals surface area contributed by atoms with Gasteiger partial charge in [0.1, 0.15) is 4.99 Å². The third-order valence-corrected chi connectivity index (χ3v) is 3.42. The van der Waals surface area contributed by atoms with Crippen molar-refractivity contribution in [2.45, 2.75) is 12.8 Å². The van der Waals surface area contributed by atoms with Gasteiger partial charge in [-0.2, -0.15) is 0 Å². The topological polar surface area (TPSA) is 38.0 Å². The summed E-state index contributed by atoms with van der Waals surface area (Å²) in [6, 6.07) is 5.92. The lowest BCUT2D eigenvalue weighted by Crippen LogP contribution is -2.10. The lowest BCUT2D eigenvalue weighted by Gasteiger charge is -2.09. The van der Waals surface area contributed by atoms with Crippen LogP contribution in [0.3, 0.4) is 0 Å². The summed E-state index contributed by atoms with van der Waals surface area (Å²) in [6.07, 6.45) is 2.71. The van der Waals surface area contributed by atoms with Crippen LogP contribution in [0.25, 0.3) is 0 Å². The molecule has 0 bridgehead atoms. The van der Waals surface area contributed by atoms with Crippen LogP contribution >= 0.6 is 28.1 Å². The van der Waals surface area contributed by atoms with E-state index in [1.165, 1.54) is 12.8 Å². The zero-order valence-electron chi connectivity index (χ0n) is 8.29. The van der Waals surface area contributed by atoms with Gasteiger partial charge in [-0.1, -0.05) is 12.2 Å². The lowest BCUT2D eigenvalue weighted by atomic mass is 10.2. The highest BCUT2D eigenvalue weighted by Gasteiger charge is 2.20. The molecule has 0 aliphatic heterocycles. The molecule has 1 fully saturated rings. The Morgan fingerprint density at radius 2 is 2.27 bits per heavy atom. The Hall–Kier alpha value is -0.610. The van der Waals surface area contributed by atoms with Gasteiger partial charge in [-0.3, -0.25) is 0 Å². The third-order valence-electron chi connectivity index (χ3n) is 2.53. The molecule has 0 radical (unpaired) electrons. The maximum Gasteiger partial charge on any atom is 0.104 e. The molecular formula is C11H13BrN2S. The van der Waals surface area contributed by atoms with E-state index in [0.29, 0.717) is 4.99 Å². The molecule has 4 heteroatoms. The van der Waals surface area contributed by atoms with Crippen LogP contribution in [0.2, 0.25) is 0 Å². The van der Waals surface area contributed by atoms with Crippen LogP contribution in [0.5, 0.6) is 0 Å². The molecule has 0 aromatic heterocycles. The Kier molecular flexibility index (Phi) is 3.26. The summed E-state index contributed by atoms with van der Waals surface area (Å²) in [5.41, 5.74) is 7.57. The van der Waals surface area contributed by atoms with Crippen molar-refractivity contribution in [2.75, 3.05) is 11.9 Å². The Morgan fingerprint density at radius 1 is 1.53 bits per heavy atom. The molecular weight excluding hydrogens is 272 g/mol. The number of thiocarbonyl (C=S) groups is 1. The number of anilines is 1. The van der Waals surface area contributed by atoms with E-state index in [0.717, 1.165) is 28.2 Å². The summed E-state index contributed by atoms with van der Waals surface area (Å²) in [6.45, 7) is 1.06. The van der Waals surface area contributed by atoms with Gasteiger partial charge < -0.3 is 11.1 Å². The molecule has 1 aromatic carbocycles. The highest BCUT2D eigenvalue weighted by Crippen LogP contribution is 2.30. The van der Waals surface area contributed by atoms with E-state index in [-0.39, 0.29) is 0 Å². The fourth-order valence-electron chi connectivity index (χ4n) is 1.39. The van der Waals surface area contributed by atoms with Crippen LogP contribution in [0, 0.1) is 5.92 Å². The zero-order chi connectivity index (χ0) is 10.8. The first-order chi connectivity index (χ1) is 7.16. The number of halogens is 1. The molecule has 0 heterocycles. The predicted octanol–water partition coefficient (Wildman–Crippen LogP) is 2.91. The Balaban J connectivity index is 2.07. The standard InChI is InChI=1S/C11H13BrN2S/c12-9-5-8(11(13)15)3-4-10(9)14-6-7-1-2-7/h3-5,7,14H,1-2,6H2,(H2,13,15). The first-order valence-corrected chi connectivity index (χ1v) is 6.20. The number of benzene rings is 1. The van der Waals surface area contributed by atoms with E-state index in [4.69, 9.17) is 18.0 Å². The second-order valence-corrected chi connectivity index (χ2v) is 5.18. The molecule has 0 atom stereocenters. The van der Waals surface area contributed by atoms with Crippen LogP contribution in [-0.4, -0.2) is 11.5 Å². The zero-order valence-corrected chi connectivity index (χ0v) is 10.7. The minimum absolute atomic E-state index is 0.435. The van der Waals surface area contributed by atoms with E-state index in [1.807, 2.05) is 18.2 Å². The van der Waals surface area contributed by atoms with E-state index in [1.54, 1.807) is 0 Å². The first-order valence-electron chi connectivity index (χ1n) is 5.00. The lowest BCUT2D eigenvalue weighted by molar-refractivity contribution is 0.888. The van der Waals surface area contributed by atoms with Gasteiger partial charge in [-0.25, -0.2) is 0 Å². The Labute approximate surface area is 103 Å². The minimum Gasteiger partial charge on any atom is -0.389 e. The van der Waals surface area contributed by atoms with Gasteiger partial charge in [-0.15, -0.1) is 0 Å². The summed E-state index contributed by atoms with van der Waals surface area (Å²) < 4.78 is 1.02. The highest BCUT2D eigenvalue weighted by molar-refractivity contribution is 9.10. The molecule has 80 valence electrons. The minimum atomic E-state index is 0.435. The highest BCUT2D eigenvalue weighted by atomic mass is 79.9. The van der Waals surface area contributed by atoms with E-state index < -0.39 is 0 Å². The first kappa shape index (κ1) is 10.9. The van der Waals surface area contributed by atoms with Gasteiger partial charge >= 0.3 is 0 Å². The van der Waals surface area contributed by atoms with E-state index in [9.17, 15) is 0 Å². The summed E-state index contributed by atoms with van der Waals surface area (Å²) in [5, 5.41) is 3.41. The maximum atomic E-state index is 5.56. The summed E-state index contributed by atoms with van der Waals surface area (Å²) in [4.78, 5) is 0.435. The Morgan fingerprint density at radius 3 is 2.80 bits per heavy atom. The third kappa shape index (κ3) is 2.92. The fraction of sp³-hybridized carbons (Fsp3) is 0.364. The molecule has 15 heavy (non-hydrogen) atoms. The van der Waals surface area contributed by atoms with Gasteiger partial charge in [0.2, 0.25) is 0 Å². The summed E-state index contributed by atoms with van der Waals surface area (Å²) >= 11 is 8.43. The largest absolute Gasteiger partial charge is 0.389 e. The number of hydrogen-bond acceptors (Lipinski definition) is 2. The van der Waals surface area contributed by atoms with Gasteiger partial charge in [0.15, 0.2) is 0 Å². The molecule has 2 rings (SSSR count). The average molecular weight is 285 g/mol. The number of nitrogens with two attached hydrogens (primary N) is 1. The SMILES string of the molecule is NC(=S)c1ccc(NCC2CC2)c(Br)c1. The monoisotopic (exact) mass is 284 g/mol. The van der Waals surface area contributed by atoms with E-state index >= 15 is 0 Å². The summed E-state index contributed by atoms with van der Waals surface area (Å²) in [7, 11) is 0. The van der Waals surface area contributed by atoms with Gasteiger partial charge in [-0.05, 0) is 52.9 Å². The molecule has 3 N–H and O–H groups in total. The van der Waals surface area contributed by atoms with Crippen LogP contribution in [0.4, 0.5) is 5.69 Å². The Bertz CT molecular complexity index is 388. The van der Waals surface area contributed by atoms with Crippen molar-refractivity contribution in [3.8, 4) is 0 Å². The van der Waals surface area contributed by atoms with Crippen molar-refractivity contribution in [3.63, 3.8) is 0 Å². The molecule has 1 saturated carbocycles. The molecule has 2 nitrogen and oxygen atoms in total.